The number of carbonyl (C=O) groups excluding carboxylic acids is 3. The minimum Gasteiger partial charge on any atom is -0.457 e. The van der Waals surface area contributed by atoms with E-state index in [4.69, 9.17) is 4.74 Å². The summed E-state index contributed by atoms with van der Waals surface area (Å²) in [6, 6.07) is 25.5. The first-order chi connectivity index (χ1) is 20.9. The molecule has 0 aliphatic carbocycles. The Balaban J connectivity index is 1.36. The Bertz CT molecular complexity index is 1470. The van der Waals surface area contributed by atoms with Crippen molar-refractivity contribution in [2.45, 2.75) is 52.1 Å². The monoisotopic (exact) mass is 580 g/mol. The lowest BCUT2D eigenvalue weighted by atomic mass is 9.95. The molecule has 2 aliphatic heterocycles. The molecule has 0 aromatic heterocycles. The van der Waals surface area contributed by atoms with Crippen molar-refractivity contribution in [3.63, 3.8) is 0 Å². The first kappa shape index (κ1) is 29.9. The van der Waals surface area contributed by atoms with E-state index in [0.29, 0.717) is 42.3 Å². The minimum absolute atomic E-state index is 0.160. The highest BCUT2D eigenvalue weighted by Gasteiger charge is 2.46. The number of ether oxygens (including phenoxy) is 1. The van der Waals surface area contributed by atoms with Gasteiger partial charge in [0, 0.05) is 13.1 Å². The topological polar surface area (TPSA) is 91.0 Å². The molecule has 8 heteroatoms. The Labute approximate surface area is 253 Å². The van der Waals surface area contributed by atoms with E-state index in [2.05, 4.69) is 22.8 Å². The molecule has 4 amide bonds. The van der Waals surface area contributed by atoms with Crippen molar-refractivity contribution >= 4 is 17.8 Å². The van der Waals surface area contributed by atoms with Crippen LogP contribution in [0.1, 0.15) is 50.8 Å². The molecule has 43 heavy (non-hydrogen) atoms. The van der Waals surface area contributed by atoms with E-state index in [-0.39, 0.29) is 30.3 Å². The number of likely N-dealkylation sites (N-methyl/N-ethyl adjacent to an activating group) is 1. The first-order valence-corrected chi connectivity index (χ1v) is 15.1. The molecular formula is C35H40N4O4. The standard InChI is InChI=1S/C35H40N4O4/c1-4-38-30-23-39(29(21-24(2)3)33(40)36-20-12-15-25-13-7-5-8-14-25)34(41)31(30)32(37-35(38)42)26-16-11-19-28(22-26)43-27-17-9-6-10-18-27/h5-11,13-14,16-19,22,24,29,32H,4,12,15,20-21,23H2,1-3H3,(H,36,40)(H,37,42)/t29-,32-/m0/s1. The van der Waals surface area contributed by atoms with Gasteiger partial charge in [0.05, 0.1) is 23.9 Å². The predicted octanol–water partition coefficient (Wildman–Crippen LogP) is 5.83. The van der Waals surface area contributed by atoms with Crippen molar-refractivity contribution in [1.82, 2.24) is 20.4 Å². The second-order valence-electron chi connectivity index (χ2n) is 11.4. The number of aryl methyl sites for hydroxylation is 1. The van der Waals surface area contributed by atoms with Gasteiger partial charge in [-0.25, -0.2) is 4.79 Å². The van der Waals surface area contributed by atoms with Crippen LogP contribution < -0.4 is 15.4 Å². The molecule has 0 unspecified atom stereocenters. The summed E-state index contributed by atoms with van der Waals surface area (Å²) in [6.45, 7) is 7.13. The Morgan fingerprint density at radius 2 is 1.67 bits per heavy atom. The third-order valence-corrected chi connectivity index (χ3v) is 7.89. The lowest BCUT2D eigenvalue weighted by Gasteiger charge is -2.33. The zero-order valence-corrected chi connectivity index (χ0v) is 25.1. The van der Waals surface area contributed by atoms with Crippen LogP contribution in [0.4, 0.5) is 4.79 Å². The molecule has 2 heterocycles. The van der Waals surface area contributed by atoms with Crippen LogP contribution in [0.5, 0.6) is 11.5 Å². The predicted molar refractivity (Wildman–Crippen MR) is 166 cm³/mol. The number of benzene rings is 3. The highest BCUT2D eigenvalue weighted by Crippen LogP contribution is 2.38. The lowest BCUT2D eigenvalue weighted by molar-refractivity contribution is -0.137. The molecule has 0 saturated carbocycles. The van der Waals surface area contributed by atoms with Crippen LogP contribution in [0.3, 0.4) is 0 Å². The van der Waals surface area contributed by atoms with Crippen molar-refractivity contribution in [3.8, 4) is 11.5 Å². The SMILES string of the molecule is CCN1C(=O)N[C@@H](c2cccc(Oc3ccccc3)c2)C2=C1CN([C@@H](CC(C)C)C(=O)NCCCc1ccccc1)C2=O. The highest BCUT2D eigenvalue weighted by molar-refractivity contribution is 6.03. The van der Waals surface area contributed by atoms with Crippen LogP contribution in [0.25, 0.3) is 0 Å². The van der Waals surface area contributed by atoms with Crippen molar-refractivity contribution in [3.05, 3.63) is 107 Å². The van der Waals surface area contributed by atoms with Crippen LogP contribution in [-0.2, 0) is 16.0 Å². The number of nitrogens with one attached hydrogen (secondary N) is 2. The summed E-state index contributed by atoms with van der Waals surface area (Å²) in [5, 5.41) is 6.12. The number of hydrogen-bond donors (Lipinski definition) is 2. The van der Waals surface area contributed by atoms with Crippen molar-refractivity contribution < 1.29 is 19.1 Å². The maximum atomic E-state index is 14.2. The highest BCUT2D eigenvalue weighted by atomic mass is 16.5. The molecule has 5 rings (SSSR count). The summed E-state index contributed by atoms with van der Waals surface area (Å²) in [5.41, 5.74) is 3.12. The molecule has 3 aromatic carbocycles. The number of hydrogen-bond acceptors (Lipinski definition) is 4. The second-order valence-corrected chi connectivity index (χ2v) is 11.4. The fraction of sp³-hybridized carbons (Fsp3) is 0.343. The quantitative estimate of drug-likeness (QED) is 0.264. The molecule has 2 N–H and O–H groups in total. The fourth-order valence-corrected chi connectivity index (χ4v) is 5.82. The third-order valence-electron chi connectivity index (χ3n) is 7.89. The number of para-hydroxylation sites is 1. The lowest BCUT2D eigenvalue weighted by Crippen LogP contribution is -2.49. The van der Waals surface area contributed by atoms with Crippen molar-refractivity contribution in [2.24, 2.45) is 5.92 Å². The van der Waals surface area contributed by atoms with E-state index in [1.807, 2.05) is 93.6 Å². The van der Waals surface area contributed by atoms with Crippen LogP contribution in [-0.4, -0.2) is 53.3 Å². The van der Waals surface area contributed by atoms with Gasteiger partial charge >= 0.3 is 6.03 Å². The van der Waals surface area contributed by atoms with Crippen LogP contribution >= 0.6 is 0 Å². The summed E-state index contributed by atoms with van der Waals surface area (Å²) in [5.74, 6) is 1.10. The molecule has 3 aromatic rings. The molecule has 0 saturated heterocycles. The molecule has 0 spiro atoms. The Morgan fingerprint density at radius 1 is 0.977 bits per heavy atom. The number of rotatable bonds is 12. The molecule has 0 radical (unpaired) electrons. The van der Waals surface area contributed by atoms with E-state index in [1.165, 1.54) is 5.56 Å². The number of nitrogens with zero attached hydrogens (tertiary/aromatic N) is 2. The van der Waals surface area contributed by atoms with Crippen LogP contribution in [0.15, 0.2) is 96.2 Å². The number of amides is 4. The van der Waals surface area contributed by atoms with Gasteiger partial charge in [-0.3, -0.25) is 14.5 Å². The summed E-state index contributed by atoms with van der Waals surface area (Å²) in [4.78, 5) is 44.3. The number of carbonyl (C=O) groups is 3. The van der Waals surface area contributed by atoms with Gasteiger partial charge in [0.2, 0.25) is 5.91 Å². The van der Waals surface area contributed by atoms with Crippen molar-refractivity contribution in [1.29, 1.82) is 0 Å². The molecule has 2 atom stereocenters. The maximum absolute atomic E-state index is 14.2. The summed E-state index contributed by atoms with van der Waals surface area (Å²) in [6.07, 6.45) is 2.19. The average molecular weight is 581 g/mol. The van der Waals surface area contributed by atoms with E-state index in [0.717, 1.165) is 18.4 Å². The van der Waals surface area contributed by atoms with E-state index in [9.17, 15) is 14.4 Å². The zero-order valence-electron chi connectivity index (χ0n) is 25.1. The van der Waals surface area contributed by atoms with Gasteiger partial charge in [-0.05, 0) is 67.5 Å². The van der Waals surface area contributed by atoms with Gasteiger partial charge in [0.15, 0.2) is 0 Å². The van der Waals surface area contributed by atoms with Gasteiger partial charge in [-0.1, -0.05) is 74.5 Å². The fourth-order valence-electron chi connectivity index (χ4n) is 5.82. The Kier molecular flexibility index (Phi) is 9.45. The van der Waals surface area contributed by atoms with E-state index >= 15 is 0 Å². The Morgan fingerprint density at radius 3 is 2.37 bits per heavy atom. The van der Waals surface area contributed by atoms with Gasteiger partial charge in [0.25, 0.3) is 5.91 Å². The largest absolute Gasteiger partial charge is 0.457 e. The van der Waals surface area contributed by atoms with Crippen molar-refractivity contribution in [2.75, 3.05) is 19.6 Å². The van der Waals surface area contributed by atoms with Crippen LogP contribution in [0.2, 0.25) is 0 Å². The van der Waals surface area contributed by atoms with Gasteiger partial charge in [-0.2, -0.15) is 0 Å². The smallest absolute Gasteiger partial charge is 0.322 e. The van der Waals surface area contributed by atoms with Crippen LogP contribution in [0, 0.1) is 5.92 Å². The Hall–Kier alpha value is -4.59. The van der Waals surface area contributed by atoms with Gasteiger partial charge in [0.1, 0.15) is 17.5 Å². The van der Waals surface area contributed by atoms with Gasteiger partial charge in [-0.15, -0.1) is 0 Å². The molecule has 0 bridgehead atoms. The molecule has 2 aliphatic rings. The zero-order chi connectivity index (χ0) is 30.3. The van der Waals surface area contributed by atoms with E-state index in [1.54, 1.807) is 9.80 Å². The summed E-state index contributed by atoms with van der Waals surface area (Å²) in [7, 11) is 0. The first-order valence-electron chi connectivity index (χ1n) is 15.1. The maximum Gasteiger partial charge on any atom is 0.322 e. The summed E-state index contributed by atoms with van der Waals surface area (Å²) >= 11 is 0. The normalized spacial score (nSPS) is 17.2. The molecule has 0 fully saturated rings. The third kappa shape index (κ3) is 6.91. The molecule has 224 valence electrons. The van der Waals surface area contributed by atoms with Gasteiger partial charge < -0.3 is 20.3 Å². The van der Waals surface area contributed by atoms with E-state index < -0.39 is 12.1 Å². The number of urea groups is 1. The molecule has 8 nitrogen and oxygen atoms in total. The minimum atomic E-state index is -0.657. The summed E-state index contributed by atoms with van der Waals surface area (Å²) < 4.78 is 6.04. The molecular weight excluding hydrogens is 540 g/mol. The second kappa shape index (κ2) is 13.6. The average Bonchev–Trinajstić information content (AvgIpc) is 3.35.